The lowest BCUT2D eigenvalue weighted by Crippen LogP contribution is -2.46. The lowest BCUT2D eigenvalue weighted by molar-refractivity contribution is -0.143. The highest BCUT2D eigenvalue weighted by Gasteiger charge is 2.38. The number of rotatable bonds is 7. The van der Waals surface area contributed by atoms with Gasteiger partial charge in [-0.05, 0) is 42.7 Å². The largest absolute Gasteiger partial charge is 0.416 e. The van der Waals surface area contributed by atoms with Crippen molar-refractivity contribution in [3.05, 3.63) is 87.4 Å². The molecule has 2 aromatic carbocycles. The lowest BCUT2D eigenvalue weighted by Gasteiger charge is -2.40. The van der Waals surface area contributed by atoms with Crippen LogP contribution in [0.3, 0.4) is 0 Å². The second kappa shape index (κ2) is 11.4. The maximum absolute atomic E-state index is 13.4. The molecular weight excluding hydrogens is 530 g/mol. The monoisotopic (exact) mass is 556 g/mol. The minimum Gasteiger partial charge on any atom is -0.370 e. The van der Waals surface area contributed by atoms with Crippen LogP contribution in [0.15, 0.2) is 60.1 Å². The number of carbonyl (C=O) groups is 1. The summed E-state index contributed by atoms with van der Waals surface area (Å²) in [6.07, 6.45) is -8.54. The zero-order valence-electron chi connectivity index (χ0n) is 20.4. The Kier molecular flexibility index (Phi) is 8.46. The molecule has 1 amide bonds. The molecule has 4 nitrogen and oxygen atoms in total. The predicted molar refractivity (Wildman–Crippen MR) is 131 cm³/mol. The number of carbonyl (C=O) groups excluding carboxylic acids is 1. The van der Waals surface area contributed by atoms with Crippen molar-refractivity contribution in [3.63, 3.8) is 0 Å². The number of nitrogens with zero attached hydrogens (tertiary/aromatic N) is 2. The number of hydrogen-bond acceptors (Lipinski definition) is 4. The maximum atomic E-state index is 13.4. The SMILES string of the molecule is C[C@@H](O[C@H]1CCN(C(=O)CCc2nccs2)C[C@H]1c1ccccc1)c1cc(C(F)(F)F)cc(C(F)(F)F)c1. The first-order valence-corrected chi connectivity index (χ1v) is 13.0. The van der Waals surface area contributed by atoms with Crippen LogP contribution in [0.2, 0.25) is 0 Å². The standard InChI is InChI=1S/C27H26F6N2O2S/c1-17(19-13-20(26(28,29)30)15-21(14-19)27(31,32)33)37-23-9-11-35(16-22(23)18-5-3-2-4-6-18)25(36)8-7-24-34-10-12-38-24/h2-6,10,12-15,17,22-23H,7-9,11,16H2,1H3/t17-,22+,23+/m1/s1. The number of piperidine rings is 1. The van der Waals surface area contributed by atoms with Gasteiger partial charge in [0.1, 0.15) is 0 Å². The number of thiazole rings is 1. The van der Waals surface area contributed by atoms with Crippen molar-refractivity contribution in [2.45, 2.75) is 56.7 Å². The van der Waals surface area contributed by atoms with Crippen LogP contribution in [0.25, 0.3) is 0 Å². The first-order chi connectivity index (χ1) is 17.9. The van der Waals surface area contributed by atoms with Crippen LogP contribution in [0.5, 0.6) is 0 Å². The van der Waals surface area contributed by atoms with Gasteiger partial charge in [-0.3, -0.25) is 4.79 Å². The van der Waals surface area contributed by atoms with E-state index in [2.05, 4.69) is 4.98 Å². The minimum atomic E-state index is -4.94. The third-order valence-electron chi connectivity index (χ3n) is 6.62. The molecule has 0 spiro atoms. The number of alkyl halides is 6. The van der Waals surface area contributed by atoms with Crippen LogP contribution in [-0.4, -0.2) is 35.0 Å². The fourth-order valence-corrected chi connectivity index (χ4v) is 5.26. The molecule has 11 heteroatoms. The van der Waals surface area contributed by atoms with E-state index < -0.39 is 35.7 Å². The number of amides is 1. The highest BCUT2D eigenvalue weighted by Crippen LogP contribution is 2.39. The van der Waals surface area contributed by atoms with Crippen molar-refractivity contribution in [1.82, 2.24) is 9.88 Å². The van der Waals surface area contributed by atoms with Gasteiger partial charge in [-0.2, -0.15) is 26.3 Å². The van der Waals surface area contributed by atoms with E-state index in [9.17, 15) is 31.1 Å². The average Bonchev–Trinajstić information content (AvgIpc) is 3.40. The van der Waals surface area contributed by atoms with Gasteiger partial charge in [-0.1, -0.05) is 30.3 Å². The van der Waals surface area contributed by atoms with Gasteiger partial charge in [0.15, 0.2) is 0 Å². The Morgan fingerprint density at radius 2 is 1.74 bits per heavy atom. The van der Waals surface area contributed by atoms with E-state index in [0.717, 1.165) is 10.6 Å². The van der Waals surface area contributed by atoms with Crippen LogP contribution >= 0.6 is 11.3 Å². The molecule has 0 aliphatic carbocycles. The summed E-state index contributed by atoms with van der Waals surface area (Å²) in [5.74, 6) is -0.343. The van der Waals surface area contributed by atoms with E-state index in [0.29, 0.717) is 44.5 Å². The molecule has 38 heavy (non-hydrogen) atoms. The summed E-state index contributed by atoms with van der Waals surface area (Å²) in [5.41, 5.74) is -2.08. The van der Waals surface area contributed by atoms with Crippen LogP contribution in [0.4, 0.5) is 26.3 Å². The lowest BCUT2D eigenvalue weighted by atomic mass is 9.87. The summed E-state index contributed by atoms with van der Waals surface area (Å²) in [7, 11) is 0. The Hall–Kier alpha value is -2.92. The van der Waals surface area contributed by atoms with Crippen molar-refractivity contribution in [3.8, 4) is 0 Å². The van der Waals surface area contributed by atoms with Gasteiger partial charge in [0.25, 0.3) is 0 Å². The van der Waals surface area contributed by atoms with Gasteiger partial charge in [0.05, 0.1) is 28.3 Å². The average molecular weight is 557 g/mol. The second-order valence-corrected chi connectivity index (χ2v) is 10.2. The van der Waals surface area contributed by atoms with Crippen LogP contribution in [-0.2, 0) is 28.3 Å². The number of benzene rings is 2. The van der Waals surface area contributed by atoms with E-state index in [1.165, 1.54) is 18.3 Å². The van der Waals surface area contributed by atoms with Crippen molar-refractivity contribution in [1.29, 1.82) is 0 Å². The van der Waals surface area contributed by atoms with Crippen molar-refractivity contribution >= 4 is 17.2 Å². The topological polar surface area (TPSA) is 42.4 Å². The quantitative estimate of drug-likeness (QED) is 0.288. The van der Waals surface area contributed by atoms with Crippen molar-refractivity contribution in [2.75, 3.05) is 13.1 Å². The van der Waals surface area contributed by atoms with E-state index in [-0.39, 0.29) is 23.5 Å². The number of halogens is 6. The molecule has 0 N–H and O–H groups in total. The zero-order chi connectivity index (χ0) is 27.5. The highest BCUT2D eigenvalue weighted by molar-refractivity contribution is 7.09. The van der Waals surface area contributed by atoms with E-state index in [4.69, 9.17) is 4.74 Å². The van der Waals surface area contributed by atoms with Crippen LogP contribution in [0, 0.1) is 0 Å². The molecule has 204 valence electrons. The van der Waals surface area contributed by atoms with E-state index >= 15 is 0 Å². The van der Waals surface area contributed by atoms with Crippen LogP contribution < -0.4 is 0 Å². The Bertz CT molecular complexity index is 1180. The Labute approximate surface area is 220 Å². The summed E-state index contributed by atoms with van der Waals surface area (Å²) < 4.78 is 86.3. The highest BCUT2D eigenvalue weighted by atomic mass is 32.1. The third-order valence-corrected chi connectivity index (χ3v) is 7.46. The zero-order valence-corrected chi connectivity index (χ0v) is 21.2. The van der Waals surface area contributed by atoms with Gasteiger partial charge in [-0.25, -0.2) is 4.98 Å². The molecule has 0 radical (unpaired) electrons. The third kappa shape index (κ3) is 6.93. The van der Waals surface area contributed by atoms with Gasteiger partial charge >= 0.3 is 12.4 Å². The van der Waals surface area contributed by atoms with Gasteiger partial charge in [0.2, 0.25) is 5.91 Å². The Balaban J connectivity index is 1.54. The molecule has 1 aromatic heterocycles. The smallest absolute Gasteiger partial charge is 0.370 e. The fraction of sp³-hybridized carbons (Fsp3) is 0.407. The molecule has 1 aliphatic rings. The first kappa shape index (κ1) is 28.1. The number of likely N-dealkylation sites (tertiary alicyclic amines) is 1. The summed E-state index contributed by atoms with van der Waals surface area (Å²) in [4.78, 5) is 18.9. The Morgan fingerprint density at radius 3 is 2.32 bits per heavy atom. The molecule has 1 fully saturated rings. The number of ether oxygens (including phenoxy) is 1. The summed E-state index contributed by atoms with van der Waals surface area (Å²) in [6.45, 7) is 2.14. The second-order valence-electron chi connectivity index (χ2n) is 9.23. The summed E-state index contributed by atoms with van der Waals surface area (Å²) in [5, 5.41) is 2.71. The van der Waals surface area contributed by atoms with E-state index in [1.807, 2.05) is 35.7 Å². The summed E-state index contributed by atoms with van der Waals surface area (Å²) in [6, 6.07) is 10.8. The Morgan fingerprint density at radius 1 is 1.08 bits per heavy atom. The predicted octanol–water partition coefficient (Wildman–Crippen LogP) is 7.28. The maximum Gasteiger partial charge on any atom is 0.416 e. The molecule has 3 atom stereocenters. The number of aromatic nitrogens is 1. The molecule has 0 bridgehead atoms. The number of hydrogen-bond donors (Lipinski definition) is 0. The molecular formula is C27H26F6N2O2S. The molecule has 0 unspecified atom stereocenters. The number of aryl methyl sites for hydroxylation is 1. The van der Waals surface area contributed by atoms with Gasteiger partial charge in [-0.15, -0.1) is 11.3 Å². The molecule has 1 saturated heterocycles. The van der Waals surface area contributed by atoms with Gasteiger partial charge in [0, 0.05) is 43.4 Å². The minimum absolute atomic E-state index is 0.0414. The normalized spacial score (nSPS) is 19.4. The molecule has 3 aromatic rings. The molecule has 1 aliphatic heterocycles. The van der Waals surface area contributed by atoms with Crippen molar-refractivity contribution in [2.24, 2.45) is 0 Å². The van der Waals surface area contributed by atoms with Crippen molar-refractivity contribution < 1.29 is 35.9 Å². The summed E-state index contributed by atoms with van der Waals surface area (Å²) >= 11 is 1.48. The molecule has 4 rings (SSSR count). The molecule has 0 saturated carbocycles. The van der Waals surface area contributed by atoms with Gasteiger partial charge < -0.3 is 9.64 Å². The van der Waals surface area contributed by atoms with Crippen LogP contribution in [0.1, 0.15) is 59.0 Å². The van der Waals surface area contributed by atoms with E-state index in [1.54, 1.807) is 11.1 Å². The first-order valence-electron chi connectivity index (χ1n) is 12.1. The molecule has 2 heterocycles. The fourth-order valence-electron chi connectivity index (χ4n) is 4.64.